The maximum atomic E-state index is 8.60. The van der Waals surface area contributed by atoms with E-state index in [4.69, 9.17) is 15.3 Å². The number of hydrogen-bond acceptors (Lipinski definition) is 3. The molecule has 0 aliphatic heterocycles. The summed E-state index contributed by atoms with van der Waals surface area (Å²) in [7, 11) is 1.47. The standard InChI is InChI=1S/C9H6N2O/c1-12-9-4-7(5-10)2-3-8(9)6-11/h2-4H,1H3. The molecule has 3 nitrogen and oxygen atoms in total. The third kappa shape index (κ3) is 1.36. The molecule has 0 aliphatic rings. The lowest BCUT2D eigenvalue weighted by molar-refractivity contribution is 0.413. The third-order valence-electron chi connectivity index (χ3n) is 1.45. The zero-order valence-corrected chi connectivity index (χ0v) is 6.53. The minimum atomic E-state index is 0.441. The van der Waals surface area contributed by atoms with E-state index in [0.717, 1.165) is 0 Å². The van der Waals surface area contributed by atoms with Crippen molar-refractivity contribution < 1.29 is 4.74 Å². The van der Waals surface area contributed by atoms with Gasteiger partial charge in [-0.15, -0.1) is 0 Å². The number of nitrogens with zero attached hydrogens (tertiary/aromatic N) is 2. The topological polar surface area (TPSA) is 56.8 Å². The fourth-order valence-corrected chi connectivity index (χ4v) is 0.853. The quantitative estimate of drug-likeness (QED) is 0.621. The van der Waals surface area contributed by atoms with Crippen LogP contribution in [0.5, 0.6) is 5.75 Å². The molecule has 0 saturated heterocycles. The Hall–Kier alpha value is -2.00. The second-order valence-electron chi connectivity index (χ2n) is 2.14. The first-order valence-corrected chi connectivity index (χ1v) is 3.30. The van der Waals surface area contributed by atoms with E-state index >= 15 is 0 Å². The minimum absolute atomic E-state index is 0.441. The van der Waals surface area contributed by atoms with Crippen LogP contribution < -0.4 is 4.74 Å². The van der Waals surface area contributed by atoms with Crippen LogP contribution in [0.1, 0.15) is 11.1 Å². The Labute approximate surface area is 70.4 Å². The van der Waals surface area contributed by atoms with Gasteiger partial charge in [0.05, 0.1) is 24.3 Å². The van der Waals surface area contributed by atoms with Crippen molar-refractivity contribution >= 4 is 0 Å². The van der Waals surface area contributed by atoms with E-state index in [2.05, 4.69) is 0 Å². The molecule has 1 aromatic rings. The molecule has 0 radical (unpaired) electrons. The van der Waals surface area contributed by atoms with Crippen molar-refractivity contribution in [1.29, 1.82) is 10.5 Å². The van der Waals surface area contributed by atoms with E-state index in [9.17, 15) is 0 Å². The molecule has 0 heterocycles. The summed E-state index contributed by atoms with van der Waals surface area (Å²) in [4.78, 5) is 0. The first kappa shape index (κ1) is 8.10. The molecule has 0 atom stereocenters. The molecule has 0 spiro atoms. The van der Waals surface area contributed by atoms with Gasteiger partial charge >= 0.3 is 0 Å². The maximum absolute atomic E-state index is 8.60. The van der Waals surface area contributed by atoms with E-state index < -0.39 is 0 Å². The largest absolute Gasteiger partial charge is 0.495 e. The van der Waals surface area contributed by atoms with Gasteiger partial charge in [0.25, 0.3) is 0 Å². The molecular weight excluding hydrogens is 152 g/mol. The molecule has 12 heavy (non-hydrogen) atoms. The fraction of sp³-hybridized carbons (Fsp3) is 0.111. The van der Waals surface area contributed by atoms with Crippen LogP contribution in [0.25, 0.3) is 0 Å². The SMILES string of the molecule is COc1cc(C#N)ccc1C#N. The molecule has 0 N–H and O–H groups in total. The molecule has 58 valence electrons. The van der Waals surface area contributed by atoms with Crippen LogP contribution in [0.2, 0.25) is 0 Å². The molecular formula is C9H6N2O. The average Bonchev–Trinajstić information content (AvgIpc) is 2.16. The van der Waals surface area contributed by atoms with Crippen LogP contribution in [-0.4, -0.2) is 7.11 Å². The van der Waals surface area contributed by atoms with Crippen molar-refractivity contribution in [2.24, 2.45) is 0 Å². The molecule has 0 aliphatic carbocycles. The van der Waals surface area contributed by atoms with E-state index in [1.165, 1.54) is 7.11 Å². The Morgan fingerprint density at radius 2 is 2.00 bits per heavy atom. The van der Waals surface area contributed by atoms with Gasteiger partial charge in [-0.1, -0.05) is 0 Å². The molecule has 0 unspecified atom stereocenters. The van der Waals surface area contributed by atoms with Gasteiger partial charge in [-0.2, -0.15) is 10.5 Å². The Kier molecular flexibility index (Phi) is 2.30. The van der Waals surface area contributed by atoms with Crippen LogP contribution in [0, 0.1) is 22.7 Å². The lowest BCUT2D eigenvalue weighted by Crippen LogP contribution is -1.88. The van der Waals surface area contributed by atoms with Gasteiger partial charge in [0.15, 0.2) is 0 Å². The number of benzene rings is 1. The molecule has 0 saturated carbocycles. The summed E-state index contributed by atoms with van der Waals surface area (Å²) in [6, 6.07) is 8.62. The zero-order valence-electron chi connectivity index (χ0n) is 6.53. The van der Waals surface area contributed by atoms with Crippen molar-refractivity contribution in [2.45, 2.75) is 0 Å². The van der Waals surface area contributed by atoms with Gasteiger partial charge in [-0.25, -0.2) is 0 Å². The van der Waals surface area contributed by atoms with Crippen molar-refractivity contribution in [1.82, 2.24) is 0 Å². The maximum Gasteiger partial charge on any atom is 0.137 e. The van der Waals surface area contributed by atoms with Crippen LogP contribution in [0.4, 0.5) is 0 Å². The molecule has 1 rings (SSSR count). The van der Waals surface area contributed by atoms with Crippen molar-refractivity contribution in [3.8, 4) is 17.9 Å². The monoisotopic (exact) mass is 158 g/mol. The molecule has 0 fully saturated rings. The number of nitriles is 2. The summed E-state index contributed by atoms with van der Waals surface area (Å²) < 4.78 is 4.91. The van der Waals surface area contributed by atoms with E-state index in [0.29, 0.717) is 16.9 Å². The summed E-state index contributed by atoms with van der Waals surface area (Å²) in [5.41, 5.74) is 0.933. The first-order valence-electron chi connectivity index (χ1n) is 3.30. The van der Waals surface area contributed by atoms with Crippen LogP contribution in [-0.2, 0) is 0 Å². The summed E-state index contributed by atoms with van der Waals surface area (Å²) in [5.74, 6) is 0.441. The Bertz CT molecular complexity index is 371. The van der Waals surface area contributed by atoms with Crippen LogP contribution >= 0.6 is 0 Å². The number of methoxy groups -OCH3 is 1. The highest BCUT2D eigenvalue weighted by Gasteiger charge is 2.01. The number of rotatable bonds is 1. The lowest BCUT2D eigenvalue weighted by atomic mass is 10.1. The second kappa shape index (κ2) is 3.41. The predicted octanol–water partition coefficient (Wildman–Crippen LogP) is 1.44. The van der Waals surface area contributed by atoms with Crippen molar-refractivity contribution in [2.75, 3.05) is 7.11 Å². The summed E-state index contributed by atoms with van der Waals surface area (Å²) in [6.45, 7) is 0. The lowest BCUT2D eigenvalue weighted by Gasteiger charge is -2.00. The van der Waals surface area contributed by atoms with Crippen LogP contribution in [0.3, 0.4) is 0 Å². The van der Waals surface area contributed by atoms with Crippen molar-refractivity contribution in [3.05, 3.63) is 29.3 Å². The minimum Gasteiger partial charge on any atom is -0.495 e. The summed E-state index contributed by atoms with van der Waals surface area (Å²) >= 11 is 0. The third-order valence-corrected chi connectivity index (χ3v) is 1.45. The second-order valence-corrected chi connectivity index (χ2v) is 2.14. The highest BCUT2D eigenvalue weighted by Crippen LogP contribution is 2.18. The summed E-state index contributed by atoms with van der Waals surface area (Å²) in [6.07, 6.45) is 0. The number of ether oxygens (including phenoxy) is 1. The van der Waals surface area contributed by atoms with Gasteiger partial charge in [0.2, 0.25) is 0 Å². The fourth-order valence-electron chi connectivity index (χ4n) is 0.853. The predicted molar refractivity (Wildman–Crippen MR) is 42.4 cm³/mol. The zero-order chi connectivity index (χ0) is 8.97. The first-order chi connectivity index (χ1) is 5.81. The highest BCUT2D eigenvalue weighted by molar-refractivity contribution is 5.48. The molecule has 3 heteroatoms. The Morgan fingerprint density at radius 3 is 2.50 bits per heavy atom. The summed E-state index contributed by atoms with van der Waals surface area (Å²) in [5, 5.41) is 17.1. The Balaban J connectivity index is 3.24. The van der Waals surface area contributed by atoms with Gasteiger partial charge in [-0.3, -0.25) is 0 Å². The van der Waals surface area contributed by atoms with Crippen LogP contribution in [0.15, 0.2) is 18.2 Å². The van der Waals surface area contributed by atoms with E-state index in [-0.39, 0.29) is 0 Å². The molecule has 0 aromatic heterocycles. The van der Waals surface area contributed by atoms with Gasteiger partial charge in [-0.05, 0) is 18.2 Å². The molecule has 1 aromatic carbocycles. The average molecular weight is 158 g/mol. The number of hydrogen-bond donors (Lipinski definition) is 0. The molecule has 0 bridgehead atoms. The van der Waals surface area contributed by atoms with E-state index in [1.54, 1.807) is 18.2 Å². The van der Waals surface area contributed by atoms with Gasteiger partial charge in [0, 0.05) is 0 Å². The highest BCUT2D eigenvalue weighted by atomic mass is 16.5. The van der Waals surface area contributed by atoms with Gasteiger partial charge in [0.1, 0.15) is 11.8 Å². The smallest absolute Gasteiger partial charge is 0.137 e. The molecule has 0 amide bonds. The van der Waals surface area contributed by atoms with E-state index in [1.807, 2.05) is 12.1 Å². The van der Waals surface area contributed by atoms with Gasteiger partial charge < -0.3 is 4.74 Å². The van der Waals surface area contributed by atoms with Crippen molar-refractivity contribution in [3.63, 3.8) is 0 Å². The normalized spacial score (nSPS) is 8.25. The Morgan fingerprint density at radius 1 is 1.25 bits per heavy atom.